The second-order valence-electron chi connectivity index (χ2n) is 5.83. The number of hydrogen-bond acceptors (Lipinski definition) is 0. The molecule has 2 saturated carbocycles. The minimum absolute atomic E-state index is 0.803. The van der Waals surface area contributed by atoms with E-state index in [9.17, 15) is 0 Å². The third-order valence-corrected chi connectivity index (χ3v) is 4.02. The monoisotopic (exact) mass is 166 g/mol. The standard InChI is InChI=1S/C12H22/c1-9(2)6-10-4-5-11-8-12(11,3)7-10/h9-11H,4-8H2,1-3H3. The third-order valence-electron chi connectivity index (χ3n) is 4.02. The lowest BCUT2D eigenvalue weighted by Gasteiger charge is -2.27. The Morgan fingerprint density at radius 1 is 1.25 bits per heavy atom. The normalized spacial score (nSPS) is 46.0. The smallest absolute Gasteiger partial charge is 0.0292 e. The molecule has 0 aromatic carbocycles. The Morgan fingerprint density at radius 3 is 2.58 bits per heavy atom. The van der Waals surface area contributed by atoms with Gasteiger partial charge in [-0.3, -0.25) is 0 Å². The minimum atomic E-state index is 0.803. The van der Waals surface area contributed by atoms with Gasteiger partial charge in [-0.15, -0.1) is 0 Å². The first kappa shape index (κ1) is 8.59. The maximum atomic E-state index is 2.50. The molecular formula is C12H22. The first-order chi connectivity index (χ1) is 5.60. The van der Waals surface area contributed by atoms with Crippen LogP contribution in [0.2, 0.25) is 0 Å². The van der Waals surface area contributed by atoms with Crippen LogP contribution in [0.3, 0.4) is 0 Å². The average Bonchev–Trinajstić information content (AvgIpc) is 2.57. The summed E-state index contributed by atoms with van der Waals surface area (Å²) in [5, 5.41) is 0. The van der Waals surface area contributed by atoms with Crippen LogP contribution in [0.4, 0.5) is 0 Å². The largest absolute Gasteiger partial charge is 0.0628 e. The van der Waals surface area contributed by atoms with Crippen LogP contribution in [0.25, 0.3) is 0 Å². The summed E-state index contributed by atoms with van der Waals surface area (Å²) in [5.74, 6) is 3.10. The van der Waals surface area contributed by atoms with Crippen molar-refractivity contribution >= 4 is 0 Å². The summed E-state index contributed by atoms with van der Waals surface area (Å²) < 4.78 is 0. The number of rotatable bonds is 2. The summed E-state index contributed by atoms with van der Waals surface area (Å²) in [7, 11) is 0. The Morgan fingerprint density at radius 2 is 2.00 bits per heavy atom. The van der Waals surface area contributed by atoms with Gasteiger partial charge in [0.05, 0.1) is 0 Å². The molecule has 0 N–H and O–H groups in total. The van der Waals surface area contributed by atoms with E-state index in [0.717, 1.165) is 23.2 Å². The quantitative estimate of drug-likeness (QED) is 0.584. The average molecular weight is 166 g/mol. The first-order valence-electron chi connectivity index (χ1n) is 5.60. The lowest BCUT2D eigenvalue weighted by Crippen LogP contribution is -2.16. The maximum Gasteiger partial charge on any atom is -0.0292 e. The molecule has 12 heavy (non-hydrogen) atoms. The van der Waals surface area contributed by atoms with Gasteiger partial charge in [0.1, 0.15) is 0 Å². The van der Waals surface area contributed by atoms with Crippen LogP contribution in [-0.2, 0) is 0 Å². The van der Waals surface area contributed by atoms with E-state index in [2.05, 4.69) is 20.8 Å². The zero-order valence-electron chi connectivity index (χ0n) is 8.77. The molecule has 0 radical (unpaired) electrons. The molecule has 0 spiro atoms. The summed E-state index contributed by atoms with van der Waals surface area (Å²) in [5.41, 5.74) is 0.803. The topological polar surface area (TPSA) is 0 Å². The van der Waals surface area contributed by atoms with Gasteiger partial charge in [0.2, 0.25) is 0 Å². The van der Waals surface area contributed by atoms with Gasteiger partial charge in [-0.2, -0.15) is 0 Å². The van der Waals surface area contributed by atoms with E-state index in [4.69, 9.17) is 0 Å². The van der Waals surface area contributed by atoms with Crippen LogP contribution in [-0.4, -0.2) is 0 Å². The predicted molar refractivity (Wildman–Crippen MR) is 53.0 cm³/mol. The van der Waals surface area contributed by atoms with Crippen molar-refractivity contribution in [3.63, 3.8) is 0 Å². The van der Waals surface area contributed by atoms with Crippen LogP contribution in [0.5, 0.6) is 0 Å². The second-order valence-corrected chi connectivity index (χ2v) is 5.83. The molecule has 0 amide bonds. The van der Waals surface area contributed by atoms with E-state index < -0.39 is 0 Å². The molecule has 0 aromatic heterocycles. The van der Waals surface area contributed by atoms with Crippen molar-refractivity contribution in [1.29, 1.82) is 0 Å². The van der Waals surface area contributed by atoms with Crippen LogP contribution in [0.15, 0.2) is 0 Å². The van der Waals surface area contributed by atoms with E-state index in [0.29, 0.717) is 0 Å². The zero-order chi connectivity index (χ0) is 8.77. The molecule has 2 rings (SSSR count). The summed E-state index contributed by atoms with van der Waals surface area (Å²) in [4.78, 5) is 0. The Labute approximate surface area is 76.7 Å². The van der Waals surface area contributed by atoms with E-state index in [1.165, 1.54) is 25.7 Å². The van der Waals surface area contributed by atoms with Gasteiger partial charge in [-0.25, -0.2) is 0 Å². The minimum Gasteiger partial charge on any atom is -0.0628 e. The Bertz CT molecular complexity index is 171. The van der Waals surface area contributed by atoms with Gasteiger partial charge in [0, 0.05) is 0 Å². The van der Waals surface area contributed by atoms with Gasteiger partial charge in [0.15, 0.2) is 0 Å². The fraction of sp³-hybridized carbons (Fsp3) is 1.00. The lowest BCUT2D eigenvalue weighted by molar-refractivity contribution is 0.237. The van der Waals surface area contributed by atoms with E-state index in [1.54, 1.807) is 6.42 Å². The summed E-state index contributed by atoms with van der Waals surface area (Å²) in [6.45, 7) is 7.23. The second kappa shape index (κ2) is 2.75. The molecule has 2 fully saturated rings. The highest BCUT2D eigenvalue weighted by molar-refractivity contribution is 5.02. The fourth-order valence-electron chi connectivity index (χ4n) is 3.27. The summed E-state index contributed by atoms with van der Waals surface area (Å²) >= 11 is 0. The van der Waals surface area contributed by atoms with Crippen LogP contribution in [0, 0.1) is 23.2 Å². The molecule has 0 bridgehead atoms. The Balaban J connectivity index is 1.85. The highest BCUT2D eigenvalue weighted by Crippen LogP contribution is 2.62. The van der Waals surface area contributed by atoms with Gasteiger partial charge >= 0.3 is 0 Å². The van der Waals surface area contributed by atoms with Crippen molar-refractivity contribution < 1.29 is 0 Å². The molecule has 0 aliphatic heterocycles. The Hall–Kier alpha value is 0. The molecule has 2 aliphatic rings. The third kappa shape index (κ3) is 1.53. The number of fused-ring (bicyclic) bond motifs is 1. The zero-order valence-corrected chi connectivity index (χ0v) is 8.77. The molecule has 3 atom stereocenters. The molecule has 3 unspecified atom stereocenters. The molecule has 0 saturated heterocycles. The Kier molecular flexibility index (Phi) is 1.97. The SMILES string of the molecule is CC(C)CC1CCC2CC2(C)C1. The van der Waals surface area contributed by atoms with Gasteiger partial charge in [-0.1, -0.05) is 27.2 Å². The van der Waals surface area contributed by atoms with Crippen LogP contribution >= 0.6 is 0 Å². The molecule has 2 aliphatic carbocycles. The fourth-order valence-corrected chi connectivity index (χ4v) is 3.27. The van der Waals surface area contributed by atoms with Crippen molar-refractivity contribution in [1.82, 2.24) is 0 Å². The van der Waals surface area contributed by atoms with Crippen LogP contribution < -0.4 is 0 Å². The van der Waals surface area contributed by atoms with Gasteiger partial charge in [-0.05, 0) is 48.9 Å². The lowest BCUT2D eigenvalue weighted by atomic mass is 9.78. The molecule has 0 heteroatoms. The van der Waals surface area contributed by atoms with Gasteiger partial charge < -0.3 is 0 Å². The molecular weight excluding hydrogens is 144 g/mol. The van der Waals surface area contributed by atoms with Crippen molar-refractivity contribution in [2.24, 2.45) is 23.2 Å². The van der Waals surface area contributed by atoms with Gasteiger partial charge in [0.25, 0.3) is 0 Å². The number of hydrogen-bond donors (Lipinski definition) is 0. The summed E-state index contributed by atoms with van der Waals surface area (Å²) in [6.07, 6.45) is 7.62. The van der Waals surface area contributed by atoms with Crippen molar-refractivity contribution in [3.8, 4) is 0 Å². The molecule has 0 heterocycles. The maximum absolute atomic E-state index is 2.50. The van der Waals surface area contributed by atoms with Crippen molar-refractivity contribution in [3.05, 3.63) is 0 Å². The summed E-state index contributed by atoms with van der Waals surface area (Å²) in [6, 6.07) is 0. The first-order valence-corrected chi connectivity index (χ1v) is 5.60. The molecule has 0 nitrogen and oxygen atoms in total. The highest BCUT2D eigenvalue weighted by atomic mass is 14.6. The highest BCUT2D eigenvalue weighted by Gasteiger charge is 2.52. The predicted octanol–water partition coefficient (Wildman–Crippen LogP) is 3.86. The van der Waals surface area contributed by atoms with E-state index >= 15 is 0 Å². The molecule has 0 aromatic rings. The van der Waals surface area contributed by atoms with Crippen molar-refractivity contribution in [2.45, 2.75) is 52.9 Å². The van der Waals surface area contributed by atoms with Crippen LogP contribution in [0.1, 0.15) is 52.9 Å². The van der Waals surface area contributed by atoms with Crippen molar-refractivity contribution in [2.75, 3.05) is 0 Å². The molecule has 70 valence electrons. The van der Waals surface area contributed by atoms with E-state index in [-0.39, 0.29) is 0 Å². The van der Waals surface area contributed by atoms with E-state index in [1.807, 2.05) is 0 Å².